The van der Waals surface area contributed by atoms with E-state index in [1.165, 1.54) is 0 Å². The Labute approximate surface area is 144 Å². The molecule has 0 saturated heterocycles. The third-order valence-corrected chi connectivity index (χ3v) is 4.25. The Morgan fingerprint density at radius 1 is 1.09 bits per heavy atom. The molecule has 1 amide bonds. The highest BCUT2D eigenvalue weighted by atomic mass is 79.9. The Kier molecular flexibility index (Phi) is 6.00. The van der Waals surface area contributed by atoms with Crippen LogP contribution in [0.1, 0.15) is 25.5 Å². The van der Waals surface area contributed by atoms with Gasteiger partial charge in [-0.15, -0.1) is 0 Å². The van der Waals surface area contributed by atoms with Gasteiger partial charge in [0.25, 0.3) is 0 Å². The molecule has 2 atom stereocenters. The highest BCUT2D eigenvalue weighted by Crippen LogP contribution is 2.22. The minimum atomic E-state index is -0.338. The molecular formula is C17H18BrClN2O. The molecule has 0 bridgehead atoms. The fourth-order valence-corrected chi connectivity index (χ4v) is 2.71. The van der Waals surface area contributed by atoms with Crippen LogP contribution < -0.4 is 10.6 Å². The summed E-state index contributed by atoms with van der Waals surface area (Å²) in [6, 6.07) is 14.8. The van der Waals surface area contributed by atoms with Gasteiger partial charge in [0.1, 0.15) is 0 Å². The van der Waals surface area contributed by atoms with Crippen LogP contribution in [-0.4, -0.2) is 11.9 Å². The van der Waals surface area contributed by atoms with Crippen LogP contribution in [0.25, 0.3) is 0 Å². The summed E-state index contributed by atoms with van der Waals surface area (Å²) >= 11 is 9.55. The number of amides is 1. The first-order chi connectivity index (χ1) is 10.5. The molecule has 2 aromatic carbocycles. The van der Waals surface area contributed by atoms with Crippen molar-refractivity contribution in [3.05, 3.63) is 63.6 Å². The van der Waals surface area contributed by atoms with E-state index in [4.69, 9.17) is 11.6 Å². The van der Waals surface area contributed by atoms with E-state index < -0.39 is 0 Å². The molecule has 2 rings (SSSR count). The van der Waals surface area contributed by atoms with E-state index in [1.807, 2.05) is 62.4 Å². The maximum atomic E-state index is 12.2. The quantitative estimate of drug-likeness (QED) is 0.782. The Balaban J connectivity index is 1.96. The second kappa shape index (κ2) is 7.77. The Bertz CT molecular complexity index is 645. The van der Waals surface area contributed by atoms with Crippen LogP contribution in [0.2, 0.25) is 5.02 Å². The Morgan fingerprint density at radius 2 is 1.73 bits per heavy atom. The monoisotopic (exact) mass is 380 g/mol. The van der Waals surface area contributed by atoms with Crippen LogP contribution in [0, 0.1) is 0 Å². The highest BCUT2D eigenvalue weighted by Gasteiger charge is 2.17. The third kappa shape index (κ3) is 4.57. The van der Waals surface area contributed by atoms with Crippen molar-refractivity contribution in [3.63, 3.8) is 0 Å². The molecule has 0 radical (unpaired) electrons. The average Bonchev–Trinajstić information content (AvgIpc) is 2.49. The lowest BCUT2D eigenvalue weighted by molar-refractivity contribution is -0.117. The second-order valence-electron chi connectivity index (χ2n) is 5.13. The molecule has 5 heteroatoms. The number of benzene rings is 2. The fourth-order valence-electron chi connectivity index (χ4n) is 2.15. The number of rotatable bonds is 5. The summed E-state index contributed by atoms with van der Waals surface area (Å²) in [5.74, 6) is -0.0822. The van der Waals surface area contributed by atoms with Gasteiger partial charge in [-0.05, 0) is 49.7 Å². The molecule has 0 spiro atoms. The molecule has 0 aliphatic carbocycles. The number of anilines is 1. The van der Waals surface area contributed by atoms with Gasteiger partial charge in [-0.2, -0.15) is 0 Å². The molecule has 0 fully saturated rings. The lowest BCUT2D eigenvalue weighted by Gasteiger charge is -2.20. The van der Waals surface area contributed by atoms with Gasteiger partial charge < -0.3 is 5.32 Å². The normalized spacial score (nSPS) is 13.5. The summed E-state index contributed by atoms with van der Waals surface area (Å²) in [5, 5.41) is 6.84. The number of hydrogen-bond acceptors (Lipinski definition) is 2. The van der Waals surface area contributed by atoms with Gasteiger partial charge in [-0.1, -0.05) is 45.7 Å². The van der Waals surface area contributed by atoms with Gasteiger partial charge in [0.05, 0.1) is 6.04 Å². The van der Waals surface area contributed by atoms with Gasteiger partial charge in [0.2, 0.25) is 5.91 Å². The molecule has 0 aliphatic heterocycles. The minimum absolute atomic E-state index is 0.0145. The van der Waals surface area contributed by atoms with Crippen molar-refractivity contribution < 1.29 is 4.79 Å². The maximum Gasteiger partial charge on any atom is 0.241 e. The zero-order valence-corrected chi connectivity index (χ0v) is 14.8. The molecule has 2 aromatic rings. The SMILES string of the molecule is C[C@H](N[C@H](C)c1ccccc1Cl)C(=O)Nc1ccc(Br)cc1. The van der Waals surface area contributed by atoms with Gasteiger partial charge in [0, 0.05) is 21.2 Å². The first-order valence-corrected chi connectivity index (χ1v) is 8.21. The molecule has 22 heavy (non-hydrogen) atoms. The Hall–Kier alpha value is -1.36. The Morgan fingerprint density at radius 3 is 2.36 bits per heavy atom. The fraction of sp³-hybridized carbons (Fsp3) is 0.235. The first kappa shape index (κ1) is 17.0. The third-order valence-electron chi connectivity index (χ3n) is 3.38. The number of hydrogen-bond donors (Lipinski definition) is 2. The predicted octanol–water partition coefficient (Wildman–Crippen LogP) is 4.78. The van der Waals surface area contributed by atoms with Crippen LogP contribution >= 0.6 is 27.5 Å². The van der Waals surface area contributed by atoms with E-state index in [0.29, 0.717) is 5.02 Å². The van der Waals surface area contributed by atoms with Crippen LogP contribution in [0.15, 0.2) is 53.0 Å². The lowest BCUT2D eigenvalue weighted by Crippen LogP contribution is -2.39. The molecule has 0 unspecified atom stereocenters. The molecule has 0 aliphatic rings. The molecule has 0 saturated carbocycles. The smallest absolute Gasteiger partial charge is 0.241 e. The lowest BCUT2D eigenvalue weighted by atomic mass is 10.1. The van der Waals surface area contributed by atoms with Gasteiger partial charge >= 0.3 is 0 Å². The van der Waals surface area contributed by atoms with Gasteiger partial charge in [-0.3, -0.25) is 10.1 Å². The van der Waals surface area contributed by atoms with Gasteiger partial charge in [-0.25, -0.2) is 0 Å². The van der Waals surface area contributed by atoms with E-state index >= 15 is 0 Å². The minimum Gasteiger partial charge on any atom is -0.325 e. The summed E-state index contributed by atoms with van der Waals surface area (Å²) in [7, 11) is 0. The summed E-state index contributed by atoms with van der Waals surface area (Å²) in [6.07, 6.45) is 0. The van der Waals surface area contributed by atoms with E-state index in [-0.39, 0.29) is 18.0 Å². The predicted molar refractivity (Wildman–Crippen MR) is 95.2 cm³/mol. The van der Waals surface area contributed by atoms with E-state index in [0.717, 1.165) is 15.7 Å². The molecular weight excluding hydrogens is 364 g/mol. The number of nitrogens with one attached hydrogen (secondary N) is 2. The van der Waals surface area contributed by atoms with Gasteiger partial charge in [0.15, 0.2) is 0 Å². The molecule has 0 heterocycles. The summed E-state index contributed by atoms with van der Waals surface area (Å²) < 4.78 is 0.976. The number of halogens is 2. The van der Waals surface area contributed by atoms with Crippen molar-refractivity contribution in [2.45, 2.75) is 25.9 Å². The van der Waals surface area contributed by atoms with Crippen molar-refractivity contribution in [1.82, 2.24) is 5.32 Å². The van der Waals surface area contributed by atoms with E-state index in [2.05, 4.69) is 26.6 Å². The molecule has 116 valence electrons. The summed E-state index contributed by atoms with van der Waals surface area (Å²) in [5.41, 5.74) is 1.75. The first-order valence-electron chi connectivity index (χ1n) is 7.04. The van der Waals surface area contributed by atoms with Crippen molar-refractivity contribution in [3.8, 4) is 0 Å². The van der Waals surface area contributed by atoms with E-state index in [1.54, 1.807) is 0 Å². The van der Waals surface area contributed by atoms with Crippen molar-refractivity contribution >= 4 is 39.1 Å². The zero-order valence-electron chi connectivity index (χ0n) is 12.4. The number of carbonyl (C=O) groups is 1. The average molecular weight is 382 g/mol. The van der Waals surface area contributed by atoms with Crippen molar-refractivity contribution in [2.75, 3.05) is 5.32 Å². The van der Waals surface area contributed by atoms with Crippen LogP contribution in [-0.2, 0) is 4.79 Å². The van der Waals surface area contributed by atoms with Crippen LogP contribution in [0.5, 0.6) is 0 Å². The standard InChI is InChI=1S/C17H18BrClN2O/c1-11(15-5-3-4-6-16(15)19)20-12(2)17(22)21-14-9-7-13(18)8-10-14/h3-12,20H,1-2H3,(H,21,22)/t11-,12+/m1/s1. The van der Waals surface area contributed by atoms with Crippen LogP contribution in [0.3, 0.4) is 0 Å². The molecule has 0 aromatic heterocycles. The topological polar surface area (TPSA) is 41.1 Å². The summed E-state index contributed by atoms with van der Waals surface area (Å²) in [6.45, 7) is 3.83. The molecule has 3 nitrogen and oxygen atoms in total. The van der Waals surface area contributed by atoms with E-state index in [9.17, 15) is 4.79 Å². The second-order valence-corrected chi connectivity index (χ2v) is 6.45. The van der Waals surface area contributed by atoms with Crippen LogP contribution in [0.4, 0.5) is 5.69 Å². The van der Waals surface area contributed by atoms with Crippen molar-refractivity contribution in [1.29, 1.82) is 0 Å². The largest absolute Gasteiger partial charge is 0.325 e. The summed E-state index contributed by atoms with van der Waals surface area (Å²) in [4.78, 5) is 12.2. The number of carbonyl (C=O) groups excluding carboxylic acids is 1. The highest BCUT2D eigenvalue weighted by molar-refractivity contribution is 9.10. The zero-order chi connectivity index (χ0) is 16.1. The molecule has 2 N–H and O–H groups in total. The van der Waals surface area contributed by atoms with Crippen molar-refractivity contribution in [2.24, 2.45) is 0 Å². The maximum absolute atomic E-state index is 12.2.